The first-order chi connectivity index (χ1) is 15.9. The Morgan fingerprint density at radius 1 is 1.18 bits per heavy atom. The number of thiophene rings is 1. The lowest BCUT2D eigenvalue weighted by Crippen LogP contribution is -2.33. The molecule has 0 saturated carbocycles. The molecule has 10 heteroatoms. The van der Waals surface area contributed by atoms with Gasteiger partial charge in [0.2, 0.25) is 0 Å². The summed E-state index contributed by atoms with van der Waals surface area (Å²) in [7, 11) is 0. The molecule has 5 nitrogen and oxygen atoms in total. The van der Waals surface area contributed by atoms with Crippen LogP contribution in [0.2, 0.25) is 10.0 Å². The van der Waals surface area contributed by atoms with Gasteiger partial charge in [0.25, 0.3) is 0 Å². The summed E-state index contributed by atoms with van der Waals surface area (Å²) in [6.07, 6.45) is 2.90. The van der Waals surface area contributed by atoms with Gasteiger partial charge < -0.3 is 4.74 Å². The largest absolute Gasteiger partial charge is 0.369 e. The molecule has 1 atom stereocenters. The topological polar surface area (TPSA) is 52.3 Å². The molecule has 4 aromatic rings. The highest BCUT2D eigenvalue weighted by molar-refractivity contribution is 7.99. The van der Waals surface area contributed by atoms with Crippen LogP contribution in [0.5, 0.6) is 0 Å². The van der Waals surface area contributed by atoms with E-state index in [9.17, 15) is 0 Å². The van der Waals surface area contributed by atoms with Gasteiger partial charge in [-0.25, -0.2) is 9.38 Å². The number of ether oxygens (including phenoxy) is 1. The smallest absolute Gasteiger partial charge is 0.198 e. The zero-order valence-corrected chi connectivity index (χ0v) is 22.6. The van der Waals surface area contributed by atoms with Crippen LogP contribution in [0.15, 0.2) is 28.5 Å². The van der Waals surface area contributed by atoms with Gasteiger partial charge in [-0.15, -0.1) is 21.5 Å². The zero-order chi connectivity index (χ0) is 23.2. The second kappa shape index (κ2) is 9.55. The van der Waals surface area contributed by atoms with Gasteiger partial charge in [0.1, 0.15) is 4.83 Å². The van der Waals surface area contributed by atoms with E-state index in [2.05, 4.69) is 35.4 Å². The Hall–Kier alpha value is -1.03. The average Bonchev–Trinajstić information content (AvgIpc) is 3.37. The molecule has 0 radical (unpaired) electrons. The molecule has 33 heavy (non-hydrogen) atoms. The zero-order valence-electron chi connectivity index (χ0n) is 18.7. The van der Waals surface area contributed by atoms with Crippen LogP contribution in [0.3, 0.4) is 0 Å². The number of hydrogen-bond donors (Lipinski definition) is 0. The molecule has 0 fully saturated rings. The maximum Gasteiger partial charge on any atom is 0.198 e. The molecule has 0 spiro atoms. The summed E-state index contributed by atoms with van der Waals surface area (Å²) in [5.74, 6) is 1.66. The van der Waals surface area contributed by atoms with Crippen LogP contribution < -0.4 is 0 Å². The molecule has 0 aliphatic carbocycles. The van der Waals surface area contributed by atoms with Crippen molar-refractivity contribution < 1.29 is 4.74 Å². The molecular formula is C23H24Cl2N4OS3. The maximum atomic E-state index is 6.40. The molecule has 1 aliphatic heterocycles. The van der Waals surface area contributed by atoms with Gasteiger partial charge in [-0.05, 0) is 43.0 Å². The van der Waals surface area contributed by atoms with Crippen LogP contribution in [0.1, 0.15) is 49.6 Å². The normalized spacial score (nSPS) is 18.3. The number of fused-ring (bicyclic) bond motifs is 5. The summed E-state index contributed by atoms with van der Waals surface area (Å²) in [4.78, 5) is 7.37. The molecule has 0 unspecified atom stereocenters. The first-order valence-electron chi connectivity index (χ1n) is 10.9. The predicted octanol–water partition coefficient (Wildman–Crippen LogP) is 7.68. The lowest BCUT2D eigenvalue weighted by Gasteiger charge is -2.33. The minimum Gasteiger partial charge on any atom is -0.369 e. The fraction of sp³-hybridized carbons (Fsp3) is 0.435. The number of aromatic nitrogens is 4. The Morgan fingerprint density at radius 3 is 2.79 bits per heavy atom. The molecule has 1 aromatic carbocycles. The number of thioether (sulfide) groups is 2. The van der Waals surface area contributed by atoms with Crippen LogP contribution >= 0.6 is 58.1 Å². The Kier molecular flexibility index (Phi) is 6.86. The molecule has 3 aromatic heterocycles. The lowest BCUT2D eigenvalue weighted by atomic mass is 9.90. The Balaban J connectivity index is 1.60. The summed E-state index contributed by atoms with van der Waals surface area (Å²) < 4.78 is 8.33. The molecule has 174 valence electrons. The second-order valence-corrected chi connectivity index (χ2v) is 12.3. The SMILES string of the molecule is CCCSc1nc2sc3c(c2c2nnc(SCc4ccc(Cl)cc4Cl)n12)C[C@@](C)(CC)OC3. The number of hydrogen-bond acceptors (Lipinski definition) is 7. The van der Waals surface area contributed by atoms with E-state index in [1.54, 1.807) is 40.9 Å². The van der Waals surface area contributed by atoms with Crippen molar-refractivity contribution in [3.05, 3.63) is 44.2 Å². The van der Waals surface area contributed by atoms with E-state index >= 15 is 0 Å². The molecule has 5 rings (SSSR count). The predicted molar refractivity (Wildman–Crippen MR) is 140 cm³/mol. The van der Waals surface area contributed by atoms with Crippen molar-refractivity contribution in [1.29, 1.82) is 0 Å². The van der Waals surface area contributed by atoms with E-state index < -0.39 is 0 Å². The van der Waals surface area contributed by atoms with Crippen molar-refractivity contribution in [3.63, 3.8) is 0 Å². The first kappa shape index (κ1) is 23.7. The molecule has 0 bridgehead atoms. The highest BCUT2D eigenvalue weighted by Gasteiger charge is 2.33. The van der Waals surface area contributed by atoms with Gasteiger partial charge in [-0.2, -0.15) is 0 Å². The monoisotopic (exact) mass is 538 g/mol. The molecule has 1 aliphatic rings. The minimum atomic E-state index is -0.156. The minimum absolute atomic E-state index is 0.156. The highest BCUT2D eigenvalue weighted by Crippen LogP contribution is 2.42. The van der Waals surface area contributed by atoms with Gasteiger partial charge >= 0.3 is 0 Å². The van der Waals surface area contributed by atoms with Crippen molar-refractivity contribution in [2.75, 3.05) is 5.75 Å². The van der Waals surface area contributed by atoms with Gasteiger partial charge in [0.05, 0.1) is 17.6 Å². The van der Waals surface area contributed by atoms with E-state index in [1.165, 1.54) is 10.4 Å². The fourth-order valence-electron chi connectivity index (χ4n) is 3.91. The summed E-state index contributed by atoms with van der Waals surface area (Å²) in [5.41, 5.74) is 3.07. The van der Waals surface area contributed by atoms with Gasteiger partial charge in [-0.3, -0.25) is 0 Å². The van der Waals surface area contributed by atoms with Crippen molar-refractivity contribution in [2.45, 2.75) is 68.3 Å². The van der Waals surface area contributed by atoms with Crippen molar-refractivity contribution in [1.82, 2.24) is 19.6 Å². The number of rotatable bonds is 7. The average molecular weight is 540 g/mol. The number of halogens is 2. The number of nitrogens with zero attached hydrogens (tertiary/aromatic N) is 4. The summed E-state index contributed by atoms with van der Waals surface area (Å²) in [6.45, 7) is 7.19. The van der Waals surface area contributed by atoms with E-state index in [1.807, 2.05) is 12.1 Å². The second-order valence-electron chi connectivity index (χ2n) is 8.36. The Labute approximate surface area is 215 Å². The number of benzene rings is 1. The first-order valence-corrected chi connectivity index (χ1v) is 14.5. The maximum absolute atomic E-state index is 6.40. The van der Waals surface area contributed by atoms with Crippen LogP contribution in [-0.2, 0) is 23.5 Å². The third-order valence-corrected chi connectivity index (χ3v) is 9.78. The lowest BCUT2D eigenvalue weighted by molar-refractivity contribution is -0.0542. The molecule has 4 heterocycles. The van der Waals surface area contributed by atoms with E-state index in [4.69, 9.17) is 32.9 Å². The van der Waals surface area contributed by atoms with Gasteiger partial charge in [0, 0.05) is 32.8 Å². The van der Waals surface area contributed by atoms with E-state index in [-0.39, 0.29) is 5.60 Å². The molecule has 0 amide bonds. The van der Waals surface area contributed by atoms with Crippen molar-refractivity contribution >= 4 is 73.9 Å². The summed E-state index contributed by atoms with van der Waals surface area (Å²) in [5, 5.41) is 13.4. The van der Waals surface area contributed by atoms with Crippen LogP contribution in [-0.4, -0.2) is 30.9 Å². The quantitative estimate of drug-likeness (QED) is 0.177. The van der Waals surface area contributed by atoms with Gasteiger partial charge in [-0.1, -0.05) is 66.6 Å². The van der Waals surface area contributed by atoms with Crippen molar-refractivity contribution in [2.24, 2.45) is 0 Å². The summed E-state index contributed by atoms with van der Waals surface area (Å²) >= 11 is 17.6. The third-order valence-electron chi connectivity index (χ3n) is 5.98. The van der Waals surface area contributed by atoms with E-state index in [0.29, 0.717) is 22.4 Å². The highest BCUT2D eigenvalue weighted by atomic mass is 35.5. The summed E-state index contributed by atoms with van der Waals surface area (Å²) in [6, 6.07) is 5.60. The molecular weight excluding hydrogens is 515 g/mol. The standard InChI is InChI=1S/C23H24Cl2N4OS3/c1-4-8-31-21-26-20-18(15-10-23(3,5-2)30-11-17(15)33-20)19-27-28-22(29(19)21)32-12-13-6-7-14(24)9-16(13)25/h6-7,9H,4-5,8,10-12H2,1-3H3/t23-/m1/s1. The van der Waals surface area contributed by atoms with Crippen molar-refractivity contribution in [3.8, 4) is 0 Å². The Bertz CT molecular complexity index is 1340. The fourth-order valence-corrected chi connectivity index (χ4v) is 7.46. The van der Waals surface area contributed by atoms with Crippen LogP contribution in [0.25, 0.3) is 15.9 Å². The van der Waals surface area contributed by atoms with E-state index in [0.717, 1.165) is 56.8 Å². The van der Waals surface area contributed by atoms with Crippen LogP contribution in [0.4, 0.5) is 0 Å². The van der Waals surface area contributed by atoms with Gasteiger partial charge in [0.15, 0.2) is 16.0 Å². The Morgan fingerprint density at radius 2 is 2.03 bits per heavy atom. The molecule has 0 N–H and O–H groups in total. The molecule has 0 saturated heterocycles. The van der Waals surface area contributed by atoms with Crippen LogP contribution in [0, 0.1) is 0 Å². The third kappa shape index (κ3) is 4.50.